The minimum Gasteiger partial charge on any atom is -0.474 e. The Hall–Kier alpha value is -2.97. The van der Waals surface area contributed by atoms with Crippen LogP contribution in [0, 0.1) is 5.92 Å². The third kappa shape index (κ3) is 4.55. The standard InChI is InChI=1S/C21H25N5O3/c1-27-9-10-29-20-18-19(24-21(22)25-20)26(14-23-18)17-8-7-16(11-17)13-28-12-15-5-3-2-4-6-15/h2-8,14,16-17H,9-13H2,1H3,(H2,22,24,25). The van der Waals surface area contributed by atoms with Gasteiger partial charge in [0.1, 0.15) is 6.61 Å². The molecule has 0 radical (unpaired) electrons. The molecule has 8 heteroatoms. The largest absolute Gasteiger partial charge is 0.474 e. The van der Waals surface area contributed by atoms with Crippen molar-refractivity contribution in [3.63, 3.8) is 0 Å². The van der Waals surface area contributed by atoms with E-state index in [1.54, 1.807) is 13.4 Å². The Bertz CT molecular complexity index is 973. The van der Waals surface area contributed by atoms with Crippen LogP contribution >= 0.6 is 0 Å². The fraction of sp³-hybridized carbons (Fsp3) is 0.381. The molecule has 1 aliphatic carbocycles. The maximum atomic E-state index is 5.90. The minimum absolute atomic E-state index is 0.145. The first-order valence-electron chi connectivity index (χ1n) is 9.66. The molecule has 1 aliphatic rings. The number of nitrogen functional groups attached to an aromatic ring is 1. The van der Waals surface area contributed by atoms with Gasteiger partial charge in [0.25, 0.3) is 0 Å². The Kier molecular flexibility index (Phi) is 6.02. The average Bonchev–Trinajstić information content (AvgIpc) is 3.36. The fourth-order valence-corrected chi connectivity index (χ4v) is 3.46. The summed E-state index contributed by atoms with van der Waals surface area (Å²) in [4.78, 5) is 13.0. The number of hydrogen-bond acceptors (Lipinski definition) is 7. The maximum Gasteiger partial charge on any atom is 0.247 e. The maximum absolute atomic E-state index is 5.90. The van der Waals surface area contributed by atoms with Gasteiger partial charge in [-0.25, -0.2) is 4.98 Å². The van der Waals surface area contributed by atoms with Crippen molar-refractivity contribution in [2.75, 3.05) is 32.7 Å². The Morgan fingerprint density at radius 3 is 2.83 bits per heavy atom. The number of allylic oxidation sites excluding steroid dienone is 1. The number of fused-ring (bicyclic) bond motifs is 1. The van der Waals surface area contributed by atoms with E-state index in [9.17, 15) is 0 Å². The summed E-state index contributed by atoms with van der Waals surface area (Å²) in [5.74, 6) is 0.891. The highest BCUT2D eigenvalue weighted by molar-refractivity contribution is 5.77. The van der Waals surface area contributed by atoms with Crippen LogP contribution in [0.3, 0.4) is 0 Å². The first kappa shape index (κ1) is 19.4. The third-order valence-electron chi connectivity index (χ3n) is 4.88. The SMILES string of the molecule is COCCOc1nc(N)nc2c1ncn2C1C=CC(COCc2ccccc2)C1. The molecule has 0 bridgehead atoms. The van der Waals surface area contributed by atoms with Crippen molar-refractivity contribution in [1.82, 2.24) is 19.5 Å². The van der Waals surface area contributed by atoms with Crippen LogP contribution in [-0.2, 0) is 16.1 Å². The molecule has 2 unspecified atom stereocenters. The average molecular weight is 395 g/mol. The summed E-state index contributed by atoms with van der Waals surface area (Å²) in [6.45, 7) is 2.13. The number of methoxy groups -OCH3 is 1. The van der Waals surface area contributed by atoms with Gasteiger partial charge in [-0.2, -0.15) is 9.97 Å². The monoisotopic (exact) mass is 395 g/mol. The zero-order chi connectivity index (χ0) is 20.1. The lowest BCUT2D eigenvalue weighted by Gasteiger charge is -2.14. The quantitative estimate of drug-likeness (QED) is 0.439. The van der Waals surface area contributed by atoms with Crippen LogP contribution in [0.2, 0.25) is 0 Å². The number of imidazole rings is 1. The van der Waals surface area contributed by atoms with Gasteiger partial charge < -0.3 is 24.5 Å². The highest BCUT2D eigenvalue weighted by Crippen LogP contribution is 2.32. The lowest BCUT2D eigenvalue weighted by molar-refractivity contribution is 0.0974. The number of benzene rings is 1. The van der Waals surface area contributed by atoms with Gasteiger partial charge in [-0.15, -0.1) is 0 Å². The van der Waals surface area contributed by atoms with Crippen molar-refractivity contribution < 1.29 is 14.2 Å². The number of nitrogens with zero attached hydrogens (tertiary/aromatic N) is 4. The molecule has 152 valence electrons. The molecule has 4 rings (SSSR count). The van der Waals surface area contributed by atoms with Gasteiger partial charge in [-0.05, 0) is 12.0 Å². The smallest absolute Gasteiger partial charge is 0.247 e. The second-order valence-electron chi connectivity index (χ2n) is 7.00. The van der Waals surface area contributed by atoms with E-state index in [0.29, 0.717) is 49.4 Å². The number of nitrogens with two attached hydrogens (primary N) is 1. The van der Waals surface area contributed by atoms with Gasteiger partial charge in [0, 0.05) is 13.0 Å². The molecule has 3 aromatic rings. The van der Waals surface area contributed by atoms with Gasteiger partial charge in [0.15, 0.2) is 11.2 Å². The van der Waals surface area contributed by atoms with E-state index in [1.165, 1.54) is 5.56 Å². The number of rotatable bonds is 9. The lowest BCUT2D eigenvalue weighted by Crippen LogP contribution is -2.11. The molecule has 2 N–H and O–H groups in total. The van der Waals surface area contributed by atoms with Crippen molar-refractivity contribution in [3.8, 4) is 5.88 Å². The van der Waals surface area contributed by atoms with Gasteiger partial charge in [-0.3, -0.25) is 0 Å². The van der Waals surface area contributed by atoms with Crippen molar-refractivity contribution >= 4 is 17.1 Å². The molecule has 2 heterocycles. The van der Waals surface area contributed by atoms with Crippen molar-refractivity contribution in [2.45, 2.75) is 19.1 Å². The third-order valence-corrected chi connectivity index (χ3v) is 4.88. The minimum atomic E-state index is 0.145. The van der Waals surface area contributed by atoms with E-state index in [4.69, 9.17) is 19.9 Å². The number of hydrogen-bond donors (Lipinski definition) is 1. The Balaban J connectivity index is 1.40. The fourth-order valence-electron chi connectivity index (χ4n) is 3.46. The predicted octanol–water partition coefficient (Wildman–Crippen LogP) is 2.77. The summed E-state index contributed by atoms with van der Waals surface area (Å²) < 4.78 is 18.6. The number of anilines is 1. The Morgan fingerprint density at radius 1 is 1.14 bits per heavy atom. The van der Waals surface area contributed by atoms with E-state index in [0.717, 1.165) is 6.42 Å². The van der Waals surface area contributed by atoms with E-state index in [1.807, 2.05) is 22.8 Å². The van der Waals surface area contributed by atoms with Crippen LogP contribution in [-0.4, -0.2) is 46.4 Å². The topological polar surface area (TPSA) is 97.3 Å². The molecule has 1 aromatic carbocycles. The van der Waals surface area contributed by atoms with Crippen molar-refractivity contribution in [1.29, 1.82) is 0 Å². The molecular weight excluding hydrogens is 370 g/mol. The van der Waals surface area contributed by atoms with Crippen molar-refractivity contribution in [3.05, 3.63) is 54.4 Å². The molecule has 0 aliphatic heterocycles. The van der Waals surface area contributed by atoms with Crippen LogP contribution in [0.1, 0.15) is 18.0 Å². The Morgan fingerprint density at radius 2 is 2.00 bits per heavy atom. The molecule has 0 spiro atoms. The predicted molar refractivity (Wildman–Crippen MR) is 109 cm³/mol. The van der Waals surface area contributed by atoms with Crippen LogP contribution in [0.5, 0.6) is 5.88 Å². The van der Waals surface area contributed by atoms with Crippen LogP contribution in [0.25, 0.3) is 11.2 Å². The molecule has 0 fully saturated rings. The second kappa shape index (κ2) is 9.02. The zero-order valence-corrected chi connectivity index (χ0v) is 16.4. The molecule has 0 saturated heterocycles. The van der Waals surface area contributed by atoms with Gasteiger partial charge in [0.05, 0.1) is 32.2 Å². The van der Waals surface area contributed by atoms with Gasteiger partial charge in [0.2, 0.25) is 11.8 Å². The normalized spacial score (nSPS) is 18.5. The van der Waals surface area contributed by atoms with Gasteiger partial charge >= 0.3 is 0 Å². The first-order chi connectivity index (χ1) is 14.2. The lowest BCUT2D eigenvalue weighted by atomic mass is 10.1. The number of ether oxygens (including phenoxy) is 3. The molecule has 0 saturated carbocycles. The summed E-state index contributed by atoms with van der Waals surface area (Å²) in [6.07, 6.45) is 7.05. The molecule has 0 amide bonds. The molecule has 8 nitrogen and oxygen atoms in total. The first-order valence-corrected chi connectivity index (χ1v) is 9.66. The molecule has 29 heavy (non-hydrogen) atoms. The highest BCUT2D eigenvalue weighted by Gasteiger charge is 2.24. The van der Waals surface area contributed by atoms with Crippen LogP contribution in [0.4, 0.5) is 5.95 Å². The number of aromatic nitrogens is 4. The van der Waals surface area contributed by atoms with Crippen molar-refractivity contribution in [2.24, 2.45) is 5.92 Å². The van der Waals surface area contributed by atoms with Gasteiger partial charge in [-0.1, -0.05) is 42.5 Å². The Labute approximate surface area is 169 Å². The van der Waals surface area contributed by atoms with E-state index >= 15 is 0 Å². The van der Waals surface area contributed by atoms with E-state index < -0.39 is 0 Å². The summed E-state index contributed by atoms with van der Waals surface area (Å²) in [5.41, 5.74) is 8.35. The summed E-state index contributed by atoms with van der Waals surface area (Å²) >= 11 is 0. The van der Waals surface area contributed by atoms with E-state index in [2.05, 4.69) is 39.2 Å². The molecular formula is C21H25N5O3. The van der Waals surface area contributed by atoms with Crippen LogP contribution < -0.4 is 10.5 Å². The summed E-state index contributed by atoms with van der Waals surface area (Å²) in [5, 5.41) is 0. The summed E-state index contributed by atoms with van der Waals surface area (Å²) in [6, 6.07) is 10.3. The summed E-state index contributed by atoms with van der Waals surface area (Å²) in [7, 11) is 1.62. The molecule has 2 aromatic heterocycles. The molecule has 2 atom stereocenters. The highest BCUT2D eigenvalue weighted by atomic mass is 16.5. The van der Waals surface area contributed by atoms with E-state index in [-0.39, 0.29) is 12.0 Å². The zero-order valence-electron chi connectivity index (χ0n) is 16.4. The second-order valence-corrected chi connectivity index (χ2v) is 7.00. The van der Waals surface area contributed by atoms with Crippen LogP contribution in [0.15, 0.2) is 48.8 Å².